The molecular weight excluding hydrogens is 306 g/mol. The summed E-state index contributed by atoms with van der Waals surface area (Å²) >= 11 is 0. The number of aliphatic hydroxyl groups is 1. The Bertz CT molecular complexity index is 704. The average Bonchev–Trinajstić information content (AvgIpc) is 2.73. The summed E-state index contributed by atoms with van der Waals surface area (Å²) in [6.07, 6.45) is 2.88. The molecule has 2 heterocycles. The molecule has 24 heavy (non-hydrogen) atoms. The molecule has 1 aliphatic heterocycles. The number of hydrogen-bond acceptors (Lipinski definition) is 5. The van der Waals surface area contributed by atoms with Crippen LogP contribution in [0.1, 0.15) is 25.8 Å². The minimum Gasteiger partial charge on any atom is -0.490 e. The number of benzene rings is 1. The first kappa shape index (κ1) is 16.8. The van der Waals surface area contributed by atoms with Gasteiger partial charge < -0.3 is 19.9 Å². The number of aromatic nitrogens is 2. The van der Waals surface area contributed by atoms with E-state index in [0.717, 1.165) is 34.7 Å². The van der Waals surface area contributed by atoms with E-state index >= 15 is 0 Å². The van der Waals surface area contributed by atoms with Gasteiger partial charge in [-0.1, -0.05) is 0 Å². The highest BCUT2D eigenvalue weighted by Gasteiger charge is 2.17. The van der Waals surface area contributed by atoms with E-state index in [2.05, 4.69) is 10.4 Å². The third-order valence-corrected chi connectivity index (χ3v) is 3.80. The summed E-state index contributed by atoms with van der Waals surface area (Å²) in [4.78, 5) is 0. The summed E-state index contributed by atoms with van der Waals surface area (Å²) in [6, 6.07) is 5.94. The zero-order valence-electron chi connectivity index (χ0n) is 14.5. The van der Waals surface area contributed by atoms with Crippen LogP contribution in [-0.2, 0) is 13.6 Å². The molecule has 0 unspecified atom stereocenters. The van der Waals surface area contributed by atoms with E-state index in [1.54, 1.807) is 18.5 Å². The molecule has 0 aliphatic carbocycles. The van der Waals surface area contributed by atoms with Crippen molar-refractivity contribution < 1.29 is 14.6 Å². The zero-order chi connectivity index (χ0) is 17.2. The molecular formula is C18H25N3O3. The van der Waals surface area contributed by atoms with Crippen molar-refractivity contribution in [2.75, 3.05) is 19.8 Å². The minimum atomic E-state index is -0.738. The highest BCUT2D eigenvalue weighted by atomic mass is 16.5. The third-order valence-electron chi connectivity index (χ3n) is 3.80. The Morgan fingerprint density at radius 2 is 2.00 bits per heavy atom. The van der Waals surface area contributed by atoms with Gasteiger partial charge in [-0.25, -0.2) is 0 Å². The summed E-state index contributed by atoms with van der Waals surface area (Å²) in [7, 11) is 1.91. The number of rotatable bonds is 5. The van der Waals surface area contributed by atoms with Crippen LogP contribution in [0.3, 0.4) is 0 Å². The lowest BCUT2D eigenvalue weighted by atomic mass is 10.1. The van der Waals surface area contributed by atoms with Crippen LogP contribution in [0.4, 0.5) is 0 Å². The van der Waals surface area contributed by atoms with Crippen LogP contribution in [0.2, 0.25) is 0 Å². The van der Waals surface area contributed by atoms with Crippen molar-refractivity contribution in [2.24, 2.45) is 7.05 Å². The Morgan fingerprint density at radius 3 is 2.75 bits per heavy atom. The Balaban J connectivity index is 1.83. The normalized spacial score (nSPS) is 14.5. The largest absolute Gasteiger partial charge is 0.490 e. The summed E-state index contributed by atoms with van der Waals surface area (Å²) in [5.41, 5.74) is 2.25. The second-order valence-electron chi connectivity index (χ2n) is 6.80. The number of ether oxygens (including phenoxy) is 2. The number of fused-ring (bicyclic) bond motifs is 1. The first-order chi connectivity index (χ1) is 11.4. The van der Waals surface area contributed by atoms with Crippen molar-refractivity contribution >= 4 is 0 Å². The molecule has 1 aromatic heterocycles. The maximum absolute atomic E-state index is 9.83. The Morgan fingerprint density at radius 1 is 1.25 bits per heavy atom. The fourth-order valence-corrected chi connectivity index (χ4v) is 2.72. The average molecular weight is 331 g/mol. The lowest BCUT2D eigenvalue weighted by Crippen LogP contribution is -2.34. The summed E-state index contributed by atoms with van der Waals surface area (Å²) in [6.45, 7) is 6.08. The number of hydrogen-bond donors (Lipinski definition) is 2. The van der Waals surface area contributed by atoms with E-state index in [4.69, 9.17) is 9.47 Å². The van der Waals surface area contributed by atoms with Crippen LogP contribution < -0.4 is 14.8 Å². The lowest BCUT2D eigenvalue weighted by Gasteiger charge is -2.17. The van der Waals surface area contributed by atoms with Crippen LogP contribution in [0.5, 0.6) is 11.5 Å². The molecule has 3 rings (SSSR count). The van der Waals surface area contributed by atoms with E-state index in [0.29, 0.717) is 26.3 Å². The topological polar surface area (TPSA) is 68.5 Å². The molecule has 0 spiro atoms. The number of nitrogens with one attached hydrogen (secondary N) is 1. The van der Waals surface area contributed by atoms with Crippen molar-refractivity contribution in [2.45, 2.75) is 32.4 Å². The molecule has 2 aromatic rings. The predicted octanol–water partition coefficient (Wildman–Crippen LogP) is 2.11. The molecule has 1 aromatic carbocycles. The Hall–Kier alpha value is -2.05. The zero-order valence-corrected chi connectivity index (χ0v) is 14.5. The first-order valence-electron chi connectivity index (χ1n) is 8.28. The van der Waals surface area contributed by atoms with Crippen molar-refractivity contribution in [3.63, 3.8) is 0 Å². The van der Waals surface area contributed by atoms with E-state index in [1.165, 1.54) is 0 Å². The van der Waals surface area contributed by atoms with Crippen molar-refractivity contribution in [3.05, 3.63) is 30.0 Å². The van der Waals surface area contributed by atoms with Crippen molar-refractivity contribution in [1.29, 1.82) is 0 Å². The number of aryl methyl sites for hydroxylation is 1. The Kier molecular flexibility index (Phi) is 4.78. The molecule has 1 aliphatic rings. The highest BCUT2D eigenvalue weighted by molar-refractivity contribution is 5.66. The lowest BCUT2D eigenvalue weighted by molar-refractivity contribution is 0.0795. The van der Waals surface area contributed by atoms with Crippen LogP contribution >= 0.6 is 0 Å². The number of nitrogens with zero attached hydrogens (tertiary/aromatic N) is 2. The van der Waals surface area contributed by atoms with Gasteiger partial charge in [-0.15, -0.1) is 0 Å². The van der Waals surface area contributed by atoms with Crippen LogP contribution in [0.25, 0.3) is 11.3 Å². The molecule has 6 heteroatoms. The summed E-state index contributed by atoms with van der Waals surface area (Å²) in [5, 5.41) is 17.7. The van der Waals surface area contributed by atoms with Gasteiger partial charge in [0.2, 0.25) is 0 Å². The summed E-state index contributed by atoms with van der Waals surface area (Å²) < 4.78 is 13.3. The molecule has 0 saturated heterocycles. The van der Waals surface area contributed by atoms with Gasteiger partial charge in [0.05, 0.1) is 24.5 Å². The van der Waals surface area contributed by atoms with Crippen molar-refractivity contribution in [3.8, 4) is 22.8 Å². The van der Waals surface area contributed by atoms with E-state index in [1.807, 2.05) is 31.4 Å². The minimum absolute atomic E-state index is 0.516. The molecule has 6 nitrogen and oxygen atoms in total. The fourth-order valence-electron chi connectivity index (χ4n) is 2.72. The van der Waals surface area contributed by atoms with E-state index in [9.17, 15) is 5.11 Å². The molecule has 0 bridgehead atoms. The molecule has 0 radical (unpaired) electrons. The van der Waals surface area contributed by atoms with Gasteiger partial charge in [-0.2, -0.15) is 5.10 Å². The molecule has 0 atom stereocenters. The van der Waals surface area contributed by atoms with Crippen LogP contribution in [-0.4, -0.2) is 40.2 Å². The predicted molar refractivity (Wildman–Crippen MR) is 92.3 cm³/mol. The first-order valence-corrected chi connectivity index (χ1v) is 8.28. The highest BCUT2D eigenvalue weighted by Crippen LogP contribution is 2.34. The monoisotopic (exact) mass is 331 g/mol. The van der Waals surface area contributed by atoms with Crippen LogP contribution in [0.15, 0.2) is 24.4 Å². The summed E-state index contributed by atoms with van der Waals surface area (Å²) in [5.74, 6) is 1.56. The maximum Gasteiger partial charge on any atom is 0.161 e. The van der Waals surface area contributed by atoms with E-state index < -0.39 is 5.60 Å². The van der Waals surface area contributed by atoms with Gasteiger partial charge in [-0.05, 0) is 32.0 Å². The smallest absolute Gasteiger partial charge is 0.161 e. The van der Waals surface area contributed by atoms with Gasteiger partial charge in [0.1, 0.15) is 0 Å². The third kappa shape index (κ3) is 4.07. The Labute approximate surface area is 142 Å². The molecule has 0 saturated carbocycles. The van der Waals surface area contributed by atoms with Gasteiger partial charge in [0.25, 0.3) is 0 Å². The fraction of sp³-hybridized carbons (Fsp3) is 0.500. The van der Waals surface area contributed by atoms with Gasteiger partial charge in [0, 0.05) is 43.9 Å². The standard InChI is InChI=1S/C18H25N3O3/c1-18(2,22)12-19-10-14-11-21(3)20-17(14)13-5-6-15-16(9-13)24-8-4-7-23-15/h5-6,9,11,19,22H,4,7-8,10,12H2,1-3H3. The van der Waals surface area contributed by atoms with E-state index in [-0.39, 0.29) is 0 Å². The van der Waals surface area contributed by atoms with Gasteiger partial charge in [0.15, 0.2) is 11.5 Å². The van der Waals surface area contributed by atoms with Gasteiger partial charge >= 0.3 is 0 Å². The maximum atomic E-state index is 9.83. The molecule has 0 amide bonds. The molecule has 0 fully saturated rings. The molecule has 130 valence electrons. The van der Waals surface area contributed by atoms with Gasteiger partial charge in [-0.3, -0.25) is 4.68 Å². The van der Waals surface area contributed by atoms with Crippen LogP contribution in [0, 0.1) is 0 Å². The SMILES string of the molecule is Cn1cc(CNCC(C)(C)O)c(-c2ccc3c(c2)OCCCO3)n1. The second-order valence-corrected chi connectivity index (χ2v) is 6.80. The quantitative estimate of drug-likeness (QED) is 0.878. The molecule has 2 N–H and O–H groups in total. The van der Waals surface area contributed by atoms with Crippen molar-refractivity contribution in [1.82, 2.24) is 15.1 Å². The second kappa shape index (κ2) is 6.83.